The number of para-hydroxylation sites is 2. The number of benzene rings is 6. The van der Waals surface area contributed by atoms with Crippen LogP contribution < -0.4 is 0 Å². The summed E-state index contributed by atoms with van der Waals surface area (Å²) < 4.78 is 2.18. The number of H-pyrrole nitrogens is 1. The number of aromatic amines is 1. The molecule has 0 amide bonds. The molecule has 0 bridgehead atoms. The van der Waals surface area contributed by atoms with E-state index in [-0.39, 0.29) is 0 Å². The van der Waals surface area contributed by atoms with Gasteiger partial charge >= 0.3 is 0 Å². The predicted octanol–water partition coefficient (Wildman–Crippen LogP) is 8.12. The summed E-state index contributed by atoms with van der Waals surface area (Å²) >= 11 is 0. The lowest BCUT2D eigenvalue weighted by Gasteiger charge is -2.13. The maximum absolute atomic E-state index is 4.94. The molecule has 2 aromatic heterocycles. The minimum Gasteiger partial charge on any atom is -0.354 e. The van der Waals surface area contributed by atoms with Crippen molar-refractivity contribution in [1.82, 2.24) is 14.5 Å². The minimum absolute atomic E-state index is 1.04. The zero-order valence-electron chi connectivity index (χ0n) is 18.3. The number of aromatic nitrogens is 3. The third-order valence-corrected chi connectivity index (χ3v) is 7.18. The van der Waals surface area contributed by atoms with Gasteiger partial charge in [0.1, 0.15) is 6.33 Å². The maximum atomic E-state index is 4.94. The molecule has 0 spiro atoms. The van der Waals surface area contributed by atoms with Crippen molar-refractivity contribution in [1.29, 1.82) is 0 Å². The summed E-state index contributed by atoms with van der Waals surface area (Å²) in [6.45, 7) is 0. The third kappa shape index (κ3) is 2.23. The van der Waals surface area contributed by atoms with Gasteiger partial charge < -0.3 is 4.98 Å². The first-order valence-electron chi connectivity index (χ1n) is 11.6. The van der Waals surface area contributed by atoms with Crippen LogP contribution in [0.25, 0.3) is 70.8 Å². The Balaban J connectivity index is 1.62. The Labute approximate surface area is 194 Å². The number of nitrogens with zero attached hydrogens (tertiary/aromatic N) is 2. The molecule has 0 aliphatic rings. The van der Waals surface area contributed by atoms with Gasteiger partial charge in [-0.1, -0.05) is 72.8 Å². The molecular formula is C31H19N3. The van der Waals surface area contributed by atoms with Crippen LogP contribution >= 0.6 is 0 Å². The molecule has 3 nitrogen and oxygen atoms in total. The summed E-state index contributed by atoms with van der Waals surface area (Å²) in [5.41, 5.74) is 5.63. The van der Waals surface area contributed by atoms with Gasteiger partial charge in [-0.05, 0) is 51.9 Å². The van der Waals surface area contributed by atoms with Crippen LogP contribution in [0.2, 0.25) is 0 Å². The van der Waals surface area contributed by atoms with Gasteiger partial charge in [-0.3, -0.25) is 4.57 Å². The van der Waals surface area contributed by atoms with Crippen LogP contribution in [0.3, 0.4) is 0 Å². The first-order chi connectivity index (χ1) is 16.9. The number of fused-ring (bicyclic) bond motifs is 12. The molecule has 0 saturated carbocycles. The van der Waals surface area contributed by atoms with E-state index in [2.05, 4.69) is 107 Å². The van der Waals surface area contributed by atoms with E-state index >= 15 is 0 Å². The molecule has 6 aromatic carbocycles. The maximum Gasteiger partial charge on any atom is 0.100 e. The lowest BCUT2D eigenvalue weighted by Crippen LogP contribution is -1.91. The Kier molecular flexibility index (Phi) is 3.39. The fourth-order valence-corrected chi connectivity index (χ4v) is 5.74. The van der Waals surface area contributed by atoms with Gasteiger partial charge in [-0.25, -0.2) is 4.98 Å². The van der Waals surface area contributed by atoms with Crippen LogP contribution in [0, 0.1) is 0 Å². The highest BCUT2D eigenvalue weighted by Gasteiger charge is 2.17. The van der Waals surface area contributed by atoms with Crippen molar-refractivity contribution in [3.05, 3.63) is 109 Å². The van der Waals surface area contributed by atoms with E-state index in [0.29, 0.717) is 0 Å². The minimum atomic E-state index is 1.04. The van der Waals surface area contributed by atoms with E-state index in [1.807, 2.05) is 12.4 Å². The molecule has 0 aliphatic carbocycles. The van der Waals surface area contributed by atoms with Gasteiger partial charge in [0.05, 0.1) is 11.0 Å². The molecule has 3 heteroatoms. The molecule has 0 aliphatic heterocycles. The van der Waals surface area contributed by atoms with Gasteiger partial charge in [0.25, 0.3) is 0 Å². The van der Waals surface area contributed by atoms with Gasteiger partial charge in [0.2, 0.25) is 0 Å². The van der Waals surface area contributed by atoms with Crippen molar-refractivity contribution < 1.29 is 0 Å². The van der Waals surface area contributed by atoms with E-state index in [4.69, 9.17) is 4.98 Å². The lowest BCUT2D eigenvalue weighted by atomic mass is 9.91. The fourth-order valence-electron chi connectivity index (χ4n) is 5.74. The Morgan fingerprint density at radius 2 is 1.15 bits per heavy atom. The molecule has 8 aromatic rings. The highest BCUT2D eigenvalue weighted by molar-refractivity contribution is 6.37. The summed E-state index contributed by atoms with van der Waals surface area (Å²) in [5, 5.41) is 10.1. The molecular weight excluding hydrogens is 414 g/mol. The van der Waals surface area contributed by atoms with Crippen molar-refractivity contribution in [2.75, 3.05) is 0 Å². The van der Waals surface area contributed by atoms with E-state index in [1.54, 1.807) is 0 Å². The molecule has 0 fully saturated rings. The van der Waals surface area contributed by atoms with E-state index in [1.165, 1.54) is 54.1 Å². The zero-order valence-corrected chi connectivity index (χ0v) is 18.3. The standard InChI is InChI=1S/C31H19N3/c1-2-8-19(9-3-1)34-18-32-31-27(34)17-15-23-22-14-16-26-30(24-12-6-7-13-25(24)33-26)28(22)20-10-4-5-11-21(20)29(23)31/h1-18,33H. The largest absolute Gasteiger partial charge is 0.354 e. The predicted molar refractivity (Wildman–Crippen MR) is 143 cm³/mol. The second-order valence-corrected chi connectivity index (χ2v) is 8.93. The summed E-state index contributed by atoms with van der Waals surface area (Å²) in [6.07, 6.45) is 1.95. The van der Waals surface area contributed by atoms with E-state index in [0.717, 1.165) is 16.7 Å². The molecule has 158 valence electrons. The molecule has 34 heavy (non-hydrogen) atoms. The number of hydrogen-bond acceptors (Lipinski definition) is 1. The van der Waals surface area contributed by atoms with Crippen molar-refractivity contribution in [2.24, 2.45) is 0 Å². The quantitative estimate of drug-likeness (QED) is 0.261. The highest BCUT2D eigenvalue weighted by atomic mass is 15.0. The average molecular weight is 434 g/mol. The normalized spacial score (nSPS) is 12.1. The topological polar surface area (TPSA) is 33.6 Å². The Morgan fingerprint density at radius 1 is 0.500 bits per heavy atom. The number of hydrogen-bond donors (Lipinski definition) is 1. The molecule has 1 N–H and O–H groups in total. The van der Waals surface area contributed by atoms with E-state index in [9.17, 15) is 0 Å². The van der Waals surface area contributed by atoms with Crippen LogP contribution in [-0.4, -0.2) is 14.5 Å². The first kappa shape index (κ1) is 17.9. The molecule has 8 rings (SSSR count). The van der Waals surface area contributed by atoms with Crippen LogP contribution in [0.4, 0.5) is 0 Å². The van der Waals surface area contributed by atoms with Gasteiger partial charge in [0, 0.05) is 38.3 Å². The second kappa shape index (κ2) is 6.46. The Morgan fingerprint density at radius 3 is 2.00 bits per heavy atom. The Bertz CT molecular complexity index is 2040. The first-order valence-corrected chi connectivity index (χ1v) is 11.6. The third-order valence-electron chi connectivity index (χ3n) is 7.18. The molecule has 2 heterocycles. The molecule has 0 unspecified atom stereocenters. The van der Waals surface area contributed by atoms with Crippen LogP contribution in [0.5, 0.6) is 0 Å². The van der Waals surface area contributed by atoms with Gasteiger partial charge in [0.15, 0.2) is 0 Å². The molecule has 0 atom stereocenters. The smallest absolute Gasteiger partial charge is 0.100 e. The van der Waals surface area contributed by atoms with Crippen molar-refractivity contribution in [3.63, 3.8) is 0 Å². The SMILES string of the molecule is c1ccc(-n2cnc3c4c5ccccc5c5c(ccc6[nH]c7ccccc7c65)c4ccc32)cc1. The van der Waals surface area contributed by atoms with Gasteiger partial charge in [-0.15, -0.1) is 0 Å². The summed E-state index contributed by atoms with van der Waals surface area (Å²) in [7, 11) is 0. The summed E-state index contributed by atoms with van der Waals surface area (Å²) in [4.78, 5) is 8.56. The van der Waals surface area contributed by atoms with Crippen LogP contribution in [0.1, 0.15) is 0 Å². The number of nitrogens with one attached hydrogen (secondary N) is 1. The van der Waals surface area contributed by atoms with Crippen LogP contribution in [-0.2, 0) is 0 Å². The van der Waals surface area contributed by atoms with Crippen LogP contribution in [0.15, 0.2) is 109 Å². The molecule has 0 radical (unpaired) electrons. The van der Waals surface area contributed by atoms with Gasteiger partial charge in [-0.2, -0.15) is 0 Å². The number of rotatable bonds is 1. The monoisotopic (exact) mass is 433 g/mol. The summed E-state index contributed by atoms with van der Waals surface area (Å²) in [5.74, 6) is 0. The highest BCUT2D eigenvalue weighted by Crippen LogP contribution is 2.43. The van der Waals surface area contributed by atoms with Crippen molar-refractivity contribution >= 4 is 65.2 Å². The summed E-state index contributed by atoms with van der Waals surface area (Å²) in [6, 6.07) is 36.8. The van der Waals surface area contributed by atoms with Crippen molar-refractivity contribution in [2.45, 2.75) is 0 Å². The van der Waals surface area contributed by atoms with E-state index < -0.39 is 0 Å². The number of imidazole rings is 1. The lowest BCUT2D eigenvalue weighted by molar-refractivity contribution is 1.09. The fraction of sp³-hybridized carbons (Fsp3) is 0. The second-order valence-electron chi connectivity index (χ2n) is 8.93. The zero-order chi connectivity index (χ0) is 22.2. The Hall–Kier alpha value is -4.63. The average Bonchev–Trinajstić information content (AvgIpc) is 3.50. The van der Waals surface area contributed by atoms with Crippen molar-refractivity contribution in [3.8, 4) is 5.69 Å². The molecule has 0 saturated heterocycles.